The van der Waals surface area contributed by atoms with Crippen molar-refractivity contribution >= 4 is 23.2 Å². The van der Waals surface area contributed by atoms with Gasteiger partial charge in [0.25, 0.3) is 0 Å². The third-order valence-electron chi connectivity index (χ3n) is 1.62. The van der Waals surface area contributed by atoms with Gasteiger partial charge in [-0.2, -0.15) is 13.2 Å². The summed E-state index contributed by atoms with van der Waals surface area (Å²) in [6.45, 7) is 0.0948. The van der Waals surface area contributed by atoms with Gasteiger partial charge in [-0.05, 0) is 17.7 Å². The van der Waals surface area contributed by atoms with Crippen molar-refractivity contribution in [3.05, 3.63) is 33.3 Å². The highest BCUT2D eigenvalue weighted by molar-refractivity contribution is 6.36. The van der Waals surface area contributed by atoms with E-state index in [9.17, 15) is 13.2 Å². The minimum atomic E-state index is -4.54. The summed E-state index contributed by atoms with van der Waals surface area (Å²) in [7, 11) is 0. The molecule has 0 fully saturated rings. The third kappa shape index (κ3) is 2.32. The van der Waals surface area contributed by atoms with Crippen molar-refractivity contribution < 1.29 is 13.2 Å². The van der Waals surface area contributed by atoms with E-state index in [-0.39, 0.29) is 6.54 Å². The normalized spacial score (nSPS) is 11.9. The zero-order valence-electron chi connectivity index (χ0n) is 6.83. The number of hydrogen-bond acceptors (Lipinski definition) is 1. The first-order valence-electron chi connectivity index (χ1n) is 3.61. The Kier molecular flexibility index (Phi) is 3.29. The van der Waals surface area contributed by atoms with Crippen molar-refractivity contribution in [3.63, 3.8) is 0 Å². The summed E-state index contributed by atoms with van der Waals surface area (Å²) in [4.78, 5) is 0. The van der Waals surface area contributed by atoms with Gasteiger partial charge in [0.2, 0.25) is 0 Å². The van der Waals surface area contributed by atoms with E-state index in [1.165, 1.54) is 0 Å². The van der Waals surface area contributed by atoms with E-state index in [1.807, 2.05) is 0 Å². The van der Waals surface area contributed by atoms with E-state index >= 15 is 0 Å². The molecule has 0 heterocycles. The van der Waals surface area contributed by atoms with Crippen LogP contribution in [0.25, 0.3) is 0 Å². The summed E-state index contributed by atoms with van der Waals surface area (Å²) in [5.41, 5.74) is 4.70. The van der Waals surface area contributed by atoms with Crippen LogP contribution in [0.4, 0.5) is 13.2 Å². The average Bonchev–Trinajstić information content (AvgIpc) is 1.99. The highest BCUT2D eigenvalue weighted by Crippen LogP contribution is 2.40. The van der Waals surface area contributed by atoms with Crippen molar-refractivity contribution in [2.24, 2.45) is 5.73 Å². The zero-order chi connectivity index (χ0) is 10.9. The molecular formula is C8H6Cl2F3N. The molecule has 0 bridgehead atoms. The first kappa shape index (κ1) is 11.6. The molecule has 1 rings (SSSR count). The van der Waals surface area contributed by atoms with E-state index in [2.05, 4.69) is 0 Å². The SMILES string of the molecule is NCc1cc(Cl)c(C(F)(F)F)c(Cl)c1. The van der Waals surface area contributed by atoms with E-state index in [4.69, 9.17) is 28.9 Å². The predicted molar refractivity (Wildman–Crippen MR) is 49.4 cm³/mol. The molecule has 78 valence electrons. The Balaban J connectivity index is 3.33. The largest absolute Gasteiger partial charge is 0.419 e. The fraction of sp³-hybridized carbons (Fsp3) is 0.250. The predicted octanol–water partition coefficient (Wildman–Crippen LogP) is 3.47. The number of benzene rings is 1. The number of hydrogen-bond donors (Lipinski definition) is 1. The lowest BCUT2D eigenvalue weighted by molar-refractivity contribution is -0.137. The lowest BCUT2D eigenvalue weighted by Gasteiger charge is -2.11. The van der Waals surface area contributed by atoms with Crippen molar-refractivity contribution in [1.82, 2.24) is 0 Å². The van der Waals surface area contributed by atoms with Crippen molar-refractivity contribution in [1.29, 1.82) is 0 Å². The molecule has 0 amide bonds. The van der Waals surface area contributed by atoms with Gasteiger partial charge in [-0.1, -0.05) is 23.2 Å². The van der Waals surface area contributed by atoms with Gasteiger partial charge in [-0.3, -0.25) is 0 Å². The maximum absolute atomic E-state index is 12.3. The van der Waals surface area contributed by atoms with Gasteiger partial charge in [0.1, 0.15) is 0 Å². The van der Waals surface area contributed by atoms with E-state index in [1.54, 1.807) is 0 Å². The highest BCUT2D eigenvalue weighted by Gasteiger charge is 2.35. The van der Waals surface area contributed by atoms with Crippen molar-refractivity contribution in [2.75, 3.05) is 0 Å². The quantitative estimate of drug-likeness (QED) is 0.804. The summed E-state index contributed by atoms with van der Waals surface area (Å²) in [6, 6.07) is 2.33. The summed E-state index contributed by atoms with van der Waals surface area (Å²) in [6.07, 6.45) is -4.54. The standard InChI is InChI=1S/C8H6Cl2F3N/c9-5-1-4(3-14)2-6(10)7(5)8(11,12)13/h1-2H,3,14H2. The molecule has 0 saturated heterocycles. The summed E-state index contributed by atoms with van der Waals surface area (Å²) in [5, 5.41) is -0.851. The van der Waals surface area contributed by atoms with Crippen LogP contribution in [0.1, 0.15) is 11.1 Å². The molecule has 0 spiro atoms. The smallest absolute Gasteiger partial charge is 0.326 e. The minimum Gasteiger partial charge on any atom is -0.326 e. The van der Waals surface area contributed by atoms with Crippen LogP contribution in [0.15, 0.2) is 12.1 Å². The average molecular weight is 244 g/mol. The van der Waals surface area contributed by atoms with E-state index < -0.39 is 21.8 Å². The Morgan fingerprint density at radius 2 is 1.57 bits per heavy atom. The van der Waals surface area contributed by atoms with Crippen LogP contribution in [-0.4, -0.2) is 0 Å². The fourth-order valence-electron chi connectivity index (χ4n) is 1.01. The van der Waals surface area contributed by atoms with Gasteiger partial charge in [-0.15, -0.1) is 0 Å². The summed E-state index contributed by atoms with van der Waals surface area (Å²) < 4.78 is 37.0. The Bertz CT molecular complexity index is 326. The number of halogens is 5. The van der Waals surface area contributed by atoms with E-state index in [0.29, 0.717) is 5.56 Å². The molecule has 0 aliphatic heterocycles. The molecule has 0 radical (unpaired) electrons. The van der Waals surface area contributed by atoms with Crippen LogP contribution in [0.5, 0.6) is 0 Å². The Morgan fingerprint density at radius 3 is 1.86 bits per heavy atom. The number of alkyl halides is 3. The second-order valence-electron chi connectivity index (χ2n) is 2.64. The summed E-state index contributed by atoms with van der Waals surface area (Å²) >= 11 is 10.9. The van der Waals surface area contributed by atoms with Gasteiger partial charge in [0.15, 0.2) is 0 Å². The lowest BCUT2D eigenvalue weighted by Crippen LogP contribution is -2.08. The Labute approximate surface area is 88.6 Å². The molecule has 1 aromatic rings. The maximum atomic E-state index is 12.3. The molecule has 2 N–H and O–H groups in total. The molecule has 1 aromatic carbocycles. The van der Waals surface area contributed by atoms with Crippen molar-refractivity contribution in [2.45, 2.75) is 12.7 Å². The molecule has 14 heavy (non-hydrogen) atoms. The molecule has 0 atom stereocenters. The molecule has 6 heteroatoms. The first-order valence-corrected chi connectivity index (χ1v) is 4.37. The van der Waals surface area contributed by atoms with Crippen LogP contribution in [-0.2, 0) is 12.7 Å². The van der Waals surface area contributed by atoms with Gasteiger partial charge in [-0.25, -0.2) is 0 Å². The van der Waals surface area contributed by atoms with Crippen LogP contribution < -0.4 is 5.73 Å². The van der Waals surface area contributed by atoms with Gasteiger partial charge in [0, 0.05) is 6.54 Å². The summed E-state index contributed by atoms with van der Waals surface area (Å²) in [5.74, 6) is 0. The molecule has 0 aromatic heterocycles. The van der Waals surface area contributed by atoms with Crippen LogP contribution >= 0.6 is 23.2 Å². The van der Waals surface area contributed by atoms with Gasteiger partial charge in [0.05, 0.1) is 15.6 Å². The van der Waals surface area contributed by atoms with Gasteiger partial charge >= 0.3 is 6.18 Å². The highest BCUT2D eigenvalue weighted by atomic mass is 35.5. The molecule has 0 aliphatic carbocycles. The number of rotatable bonds is 1. The second-order valence-corrected chi connectivity index (χ2v) is 3.45. The van der Waals surface area contributed by atoms with Crippen LogP contribution in [0.3, 0.4) is 0 Å². The first-order chi connectivity index (χ1) is 6.36. The molecule has 0 aliphatic rings. The van der Waals surface area contributed by atoms with Crippen LogP contribution in [0, 0.1) is 0 Å². The Morgan fingerprint density at radius 1 is 1.14 bits per heavy atom. The zero-order valence-corrected chi connectivity index (χ0v) is 8.34. The van der Waals surface area contributed by atoms with Crippen molar-refractivity contribution in [3.8, 4) is 0 Å². The van der Waals surface area contributed by atoms with Gasteiger partial charge < -0.3 is 5.73 Å². The monoisotopic (exact) mass is 243 g/mol. The maximum Gasteiger partial charge on any atom is 0.419 e. The molecule has 0 unspecified atom stereocenters. The number of nitrogens with two attached hydrogens (primary N) is 1. The topological polar surface area (TPSA) is 26.0 Å². The fourth-order valence-corrected chi connectivity index (χ4v) is 1.76. The third-order valence-corrected chi connectivity index (χ3v) is 2.22. The second kappa shape index (κ2) is 3.96. The van der Waals surface area contributed by atoms with E-state index in [0.717, 1.165) is 12.1 Å². The molecular weight excluding hydrogens is 238 g/mol. The van der Waals surface area contributed by atoms with Crippen LogP contribution in [0.2, 0.25) is 10.0 Å². The molecule has 0 saturated carbocycles. The molecule has 1 nitrogen and oxygen atoms in total. The Hall–Kier alpha value is -0.450. The minimum absolute atomic E-state index is 0.0948. The lowest BCUT2D eigenvalue weighted by atomic mass is 10.1.